The van der Waals surface area contributed by atoms with Gasteiger partial charge in [0.2, 0.25) is 10.0 Å². The lowest BCUT2D eigenvalue weighted by molar-refractivity contribution is 0.473. The van der Waals surface area contributed by atoms with Crippen LogP contribution >= 0.6 is 46.4 Å². The van der Waals surface area contributed by atoms with Gasteiger partial charge in [0.25, 0.3) is 0 Å². The first kappa shape index (κ1) is 22.5. The van der Waals surface area contributed by atoms with E-state index in [1.807, 2.05) is 11.0 Å². The normalized spacial score (nSPS) is 17.3. The predicted molar refractivity (Wildman–Crippen MR) is 119 cm³/mol. The summed E-state index contributed by atoms with van der Waals surface area (Å²) in [4.78, 5) is 2.01. The van der Waals surface area contributed by atoms with Crippen LogP contribution in [0.1, 0.15) is 17.5 Å². The van der Waals surface area contributed by atoms with Crippen molar-refractivity contribution in [3.8, 4) is 6.07 Å². The van der Waals surface area contributed by atoms with Gasteiger partial charge in [-0.3, -0.25) is 0 Å². The number of nitrogens with zero attached hydrogens (tertiary/aromatic N) is 3. The van der Waals surface area contributed by atoms with Gasteiger partial charge in [-0.15, -0.1) is 0 Å². The zero-order valence-electron chi connectivity index (χ0n) is 15.4. The third-order valence-electron chi connectivity index (χ3n) is 4.87. The van der Waals surface area contributed by atoms with Crippen molar-refractivity contribution in [1.82, 2.24) is 4.31 Å². The van der Waals surface area contributed by atoms with E-state index in [9.17, 15) is 8.42 Å². The lowest BCUT2D eigenvalue weighted by Gasteiger charge is -2.32. The largest absolute Gasteiger partial charge is 0.363 e. The van der Waals surface area contributed by atoms with Crippen molar-refractivity contribution in [1.29, 1.82) is 5.26 Å². The van der Waals surface area contributed by atoms with E-state index in [0.29, 0.717) is 57.3 Å². The molecule has 0 spiro atoms. The first-order valence-corrected chi connectivity index (χ1v) is 12.0. The van der Waals surface area contributed by atoms with Gasteiger partial charge in [0.05, 0.1) is 16.8 Å². The Morgan fingerprint density at radius 3 is 2.31 bits per heavy atom. The summed E-state index contributed by atoms with van der Waals surface area (Å²) < 4.78 is 25.4. The molecule has 29 heavy (non-hydrogen) atoms. The summed E-state index contributed by atoms with van der Waals surface area (Å²) in [6, 6.07) is 10.3. The van der Waals surface area contributed by atoms with Crippen molar-refractivity contribution >= 4 is 62.1 Å². The Morgan fingerprint density at radius 2 is 1.79 bits per heavy atom. The maximum Gasteiger partial charge on any atom is 0.211 e. The van der Waals surface area contributed by atoms with Gasteiger partial charge >= 0.3 is 0 Å². The zero-order chi connectivity index (χ0) is 21.3. The van der Waals surface area contributed by atoms with Gasteiger partial charge in [0.15, 0.2) is 0 Å². The fourth-order valence-corrected chi connectivity index (χ4v) is 5.40. The SMILES string of the molecule is CS(=O)(=O)N1CCC(N(Cc2c(Cl)cc(Cl)cc2Cl)c2ccc(C#N)c(Cl)c2)C1. The number of sulfonamides is 1. The molecule has 0 N–H and O–H groups in total. The molecule has 5 nitrogen and oxygen atoms in total. The maximum absolute atomic E-state index is 12.0. The molecule has 1 saturated heterocycles. The second kappa shape index (κ2) is 8.89. The van der Waals surface area contributed by atoms with E-state index in [4.69, 9.17) is 51.7 Å². The summed E-state index contributed by atoms with van der Waals surface area (Å²) in [5.74, 6) is 0. The molecule has 0 radical (unpaired) electrons. The molecule has 0 bridgehead atoms. The number of benzene rings is 2. The monoisotopic (exact) mass is 491 g/mol. The van der Waals surface area contributed by atoms with Crippen LogP contribution in [0.25, 0.3) is 0 Å². The van der Waals surface area contributed by atoms with E-state index in [0.717, 1.165) is 5.69 Å². The summed E-state index contributed by atoms with van der Waals surface area (Å²) in [6.45, 7) is 1.09. The van der Waals surface area contributed by atoms with E-state index in [1.165, 1.54) is 10.6 Å². The summed E-state index contributed by atoms with van der Waals surface area (Å²) in [6.07, 6.45) is 1.83. The molecule has 1 unspecified atom stereocenters. The molecule has 1 atom stereocenters. The smallest absolute Gasteiger partial charge is 0.211 e. The van der Waals surface area contributed by atoms with Crippen LogP contribution in [0.3, 0.4) is 0 Å². The fourth-order valence-electron chi connectivity index (χ4n) is 3.36. The second-order valence-corrected chi connectivity index (χ2v) is 10.5. The Balaban J connectivity index is 2.01. The van der Waals surface area contributed by atoms with Crippen LogP contribution in [0, 0.1) is 11.3 Å². The Kier molecular flexibility index (Phi) is 6.89. The first-order valence-electron chi connectivity index (χ1n) is 8.65. The van der Waals surface area contributed by atoms with Crippen molar-refractivity contribution in [2.75, 3.05) is 24.2 Å². The van der Waals surface area contributed by atoms with Gasteiger partial charge in [-0.25, -0.2) is 12.7 Å². The maximum atomic E-state index is 12.0. The molecule has 2 aromatic rings. The molecule has 2 aromatic carbocycles. The van der Waals surface area contributed by atoms with E-state index < -0.39 is 10.0 Å². The van der Waals surface area contributed by atoms with Crippen LogP contribution in [-0.2, 0) is 16.6 Å². The zero-order valence-corrected chi connectivity index (χ0v) is 19.2. The minimum Gasteiger partial charge on any atom is -0.363 e. The van der Waals surface area contributed by atoms with E-state index in [-0.39, 0.29) is 6.04 Å². The molecule has 10 heteroatoms. The van der Waals surface area contributed by atoms with Gasteiger partial charge in [-0.2, -0.15) is 5.26 Å². The molecule has 0 aromatic heterocycles. The number of rotatable bonds is 5. The highest BCUT2D eigenvalue weighted by molar-refractivity contribution is 7.88. The lowest BCUT2D eigenvalue weighted by atomic mass is 10.1. The topological polar surface area (TPSA) is 64.4 Å². The Hall–Kier alpha value is -1.20. The van der Waals surface area contributed by atoms with Gasteiger partial charge < -0.3 is 4.90 Å². The minimum absolute atomic E-state index is 0.114. The number of anilines is 1. The van der Waals surface area contributed by atoms with Crippen LogP contribution in [0.5, 0.6) is 0 Å². The summed E-state index contributed by atoms with van der Waals surface area (Å²) in [7, 11) is -3.30. The van der Waals surface area contributed by atoms with Gasteiger partial charge in [-0.1, -0.05) is 46.4 Å². The van der Waals surface area contributed by atoms with Crippen LogP contribution in [-0.4, -0.2) is 38.1 Å². The Bertz CT molecular complexity index is 1060. The van der Waals surface area contributed by atoms with Crippen molar-refractivity contribution in [3.63, 3.8) is 0 Å². The average Bonchev–Trinajstić information content (AvgIpc) is 3.11. The van der Waals surface area contributed by atoms with Gasteiger partial charge in [-0.05, 0) is 36.8 Å². The Morgan fingerprint density at radius 1 is 1.14 bits per heavy atom. The van der Waals surface area contributed by atoms with E-state index in [1.54, 1.807) is 30.3 Å². The molecule has 1 aliphatic heterocycles. The number of hydrogen-bond acceptors (Lipinski definition) is 4. The minimum atomic E-state index is -3.30. The molecule has 1 fully saturated rings. The molecule has 0 amide bonds. The summed E-state index contributed by atoms with van der Waals surface area (Å²) in [5, 5.41) is 10.7. The number of halogens is 4. The molecular formula is C19H17Cl4N3O2S. The molecule has 0 saturated carbocycles. The van der Waals surface area contributed by atoms with Crippen LogP contribution < -0.4 is 4.90 Å². The van der Waals surface area contributed by atoms with Crippen molar-refractivity contribution in [3.05, 3.63) is 61.5 Å². The highest BCUT2D eigenvalue weighted by atomic mass is 35.5. The highest BCUT2D eigenvalue weighted by Gasteiger charge is 2.33. The van der Waals surface area contributed by atoms with Crippen molar-refractivity contribution in [2.45, 2.75) is 19.0 Å². The quantitative estimate of drug-likeness (QED) is 0.574. The third kappa shape index (κ3) is 5.11. The number of hydrogen-bond donors (Lipinski definition) is 0. The van der Waals surface area contributed by atoms with Crippen LogP contribution in [0.4, 0.5) is 5.69 Å². The summed E-state index contributed by atoms with van der Waals surface area (Å²) >= 11 is 25.0. The van der Waals surface area contributed by atoms with E-state index >= 15 is 0 Å². The Labute approximate surface area is 190 Å². The fraction of sp³-hybridized carbons (Fsp3) is 0.316. The summed E-state index contributed by atoms with van der Waals surface area (Å²) in [5.41, 5.74) is 1.79. The highest BCUT2D eigenvalue weighted by Crippen LogP contribution is 2.34. The number of nitriles is 1. The molecular weight excluding hydrogens is 476 g/mol. The van der Waals surface area contributed by atoms with Crippen LogP contribution in [0.2, 0.25) is 20.1 Å². The molecule has 1 heterocycles. The second-order valence-electron chi connectivity index (χ2n) is 6.82. The van der Waals surface area contributed by atoms with Gasteiger partial charge in [0, 0.05) is 52.0 Å². The lowest BCUT2D eigenvalue weighted by Crippen LogP contribution is -2.38. The first-order chi connectivity index (χ1) is 13.6. The molecule has 3 rings (SSSR count). The van der Waals surface area contributed by atoms with Crippen molar-refractivity contribution < 1.29 is 8.42 Å². The average molecular weight is 493 g/mol. The van der Waals surface area contributed by atoms with Crippen LogP contribution in [0.15, 0.2) is 30.3 Å². The standard InChI is InChI=1S/C19H17Cl4N3O2S/c1-29(27,28)25-5-4-15(10-25)26(14-3-2-12(9-24)17(21)8-14)11-16-18(22)6-13(20)7-19(16)23/h2-3,6-8,15H,4-5,10-11H2,1H3. The predicted octanol–water partition coefficient (Wildman–Crippen LogP) is 5.21. The molecule has 154 valence electrons. The third-order valence-corrected chi connectivity index (χ3v) is 7.35. The van der Waals surface area contributed by atoms with Crippen molar-refractivity contribution in [2.24, 2.45) is 0 Å². The van der Waals surface area contributed by atoms with Gasteiger partial charge in [0.1, 0.15) is 6.07 Å². The molecule has 1 aliphatic rings. The van der Waals surface area contributed by atoms with E-state index in [2.05, 4.69) is 0 Å². The molecule has 0 aliphatic carbocycles.